The largest absolute Gasteiger partial charge is 0.315 e. The van der Waals surface area contributed by atoms with Crippen molar-refractivity contribution in [1.29, 1.82) is 0 Å². The Morgan fingerprint density at radius 2 is 1.81 bits per heavy atom. The lowest BCUT2D eigenvalue weighted by Crippen LogP contribution is -2.31. The van der Waals surface area contributed by atoms with Crippen molar-refractivity contribution in [2.75, 3.05) is 7.05 Å². The highest BCUT2D eigenvalue weighted by Gasteiger charge is 2.28. The molecule has 0 fully saturated rings. The van der Waals surface area contributed by atoms with Gasteiger partial charge in [-0.05, 0) is 30.4 Å². The van der Waals surface area contributed by atoms with Crippen molar-refractivity contribution in [3.8, 4) is 0 Å². The molecule has 0 spiro atoms. The zero-order valence-corrected chi connectivity index (χ0v) is 9.49. The quantitative estimate of drug-likeness (QED) is 0.648. The molecule has 16 heavy (non-hydrogen) atoms. The van der Waals surface area contributed by atoms with E-state index in [1.807, 2.05) is 11.9 Å². The molecule has 0 N–H and O–H groups in total. The van der Waals surface area contributed by atoms with Gasteiger partial charge in [0.25, 0.3) is 0 Å². The summed E-state index contributed by atoms with van der Waals surface area (Å²) < 4.78 is 0. The molecule has 0 bridgehead atoms. The van der Waals surface area contributed by atoms with Crippen molar-refractivity contribution < 1.29 is 4.79 Å². The molecule has 1 aromatic rings. The standard InChI is InChI=1S/C14H15NO/c1-15-13(16)9-8-11-7-6-10-4-2-3-5-12(10)14(11)15/h2-5H,6-9H2,1H3. The molecular formula is C14H15NO. The molecule has 1 aliphatic heterocycles. The zero-order valence-electron chi connectivity index (χ0n) is 9.49. The summed E-state index contributed by atoms with van der Waals surface area (Å²) in [6.07, 6.45) is 3.87. The van der Waals surface area contributed by atoms with Gasteiger partial charge in [-0.1, -0.05) is 24.3 Å². The Morgan fingerprint density at radius 1 is 1.06 bits per heavy atom. The molecule has 0 aromatic heterocycles. The Labute approximate surface area is 95.6 Å². The maximum atomic E-state index is 11.8. The molecule has 2 aliphatic rings. The van der Waals surface area contributed by atoms with Crippen molar-refractivity contribution in [2.45, 2.75) is 25.7 Å². The minimum absolute atomic E-state index is 0.246. The van der Waals surface area contributed by atoms with Crippen molar-refractivity contribution in [1.82, 2.24) is 4.90 Å². The van der Waals surface area contributed by atoms with Gasteiger partial charge >= 0.3 is 0 Å². The van der Waals surface area contributed by atoms with Crippen molar-refractivity contribution in [3.05, 3.63) is 41.0 Å². The number of benzene rings is 1. The van der Waals surface area contributed by atoms with Crippen LogP contribution in [0.4, 0.5) is 0 Å². The highest BCUT2D eigenvalue weighted by Crippen LogP contribution is 2.38. The fourth-order valence-corrected chi connectivity index (χ4v) is 2.78. The summed E-state index contributed by atoms with van der Waals surface area (Å²) in [5.41, 5.74) is 5.28. The number of aryl methyl sites for hydroxylation is 1. The number of hydrogen-bond donors (Lipinski definition) is 0. The van der Waals surface area contributed by atoms with Gasteiger partial charge in [-0.15, -0.1) is 0 Å². The number of amides is 1. The van der Waals surface area contributed by atoms with E-state index in [2.05, 4.69) is 24.3 Å². The van der Waals surface area contributed by atoms with Crippen molar-refractivity contribution in [3.63, 3.8) is 0 Å². The van der Waals surface area contributed by atoms with Gasteiger partial charge in [0.1, 0.15) is 0 Å². The third kappa shape index (κ3) is 1.29. The highest BCUT2D eigenvalue weighted by molar-refractivity contribution is 5.91. The molecule has 2 nitrogen and oxygen atoms in total. The topological polar surface area (TPSA) is 20.3 Å². The van der Waals surface area contributed by atoms with Crippen LogP contribution in [0.3, 0.4) is 0 Å². The molecule has 82 valence electrons. The normalized spacial score (nSPS) is 19.6. The number of rotatable bonds is 0. The predicted octanol–water partition coefficient (Wildman–Crippen LogP) is 2.60. The maximum Gasteiger partial charge on any atom is 0.227 e. The van der Waals surface area contributed by atoms with Gasteiger partial charge < -0.3 is 4.90 Å². The van der Waals surface area contributed by atoms with Crippen LogP contribution in [0, 0.1) is 0 Å². The molecule has 1 aliphatic carbocycles. The number of carbonyl (C=O) groups is 1. The molecule has 1 heterocycles. The second kappa shape index (κ2) is 3.48. The Bertz CT molecular complexity index is 487. The van der Waals surface area contributed by atoms with E-state index in [9.17, 15) is 4.79 Å². The molecule has 0 saturated carbocycles. The predicted molar refractivity (Wildman–Crippen MR) is 63.7 cm³/mol. The number of hydrogen-bond acceptors (Lipinski definition) is 1. The van der Waals surface area contributed by atoms with E-state index in [0.717, 1.165) is 19.3 Å². The smallest absolute Gasteiger partial charge is 0.227 e. The van der Waals surface area contributed by atoms with Gasteiger partial charge in [-0.2, -0.15) is 0 Å². The average Bonchev–Trinajstić information content (AvgIpc) is 2.33. The number of fused-ring (bicyclic) bond motifs is 2. The summed E-state index contributed by atoms with van der Waals surface area (Å²) in [5, 5.41) is 0. The SMILES string of the molecule is CN1C(=O)CCC2=C1c1ccccc1CC2. The molecule has 0 unspecified atom stereocenters. The molecule has 1 amide bonds. The van der Waals surface area contributed by atoms with Crippen LogP contribution in [0.2, 0.25) is 0 Å². The van der Waals surface area contributed by atoms with Gasteiger partial charge in [0, 0.05) is 24.7 Å². The van der Waals surface area contributed by atoms with Crippen molar-refractivity contribution >= 4 is 11.6 Å². The van der Waals surface area contributed by atoms with Crippen LogP contribution < -0.4 is 0 Å². The van der Waals surface area contributed by atoms with Crippen LogP contribution in [-0.4, -0.2) is 17.9 Å². The first-order chi connectivity index (χ1) is 7.77. The van der Waals surface area contributed by atoms with Gasteiger partial charge in [0.05, 0.1) is 0 Å². The summed E-state index contributed by atoms with van der Waals surface area (Å²) >= 11 is 0. The monoisotopic (exact) mass is 213 g/mol. The lowest BCUT2D eigenvalue weighted by Gasteiger charge is -2.33. The van der Waals surface area contributed by atoms with E-state index in [1.165, 1.54) is 22.4 Å². The summed E-state index contributed by atoms with van der Waals surface area (Å²) in [7, 11) is 1.90. The third-order valence-electron chi connectivity index (χ3n) is 3.65. The van der Waals surface area contributed by atoms with E-state index >= 15 is 0 Å². The minimum Gasteiger partial charge on any atom is -0.315 e. The Morgan fingerprint density at radius 3 is 2.69 bits per heavy atom. The fourth-order valence-electron chi connectivity index (χ4n) is 2.78. The molecule has 0 saturated heterocycles. The van der Waals surface area contributed by atoms with E-state index in [-0.39, 0.29) is 5.91 Å². The summed E-state index contributed by atoms with van der Waals surface area (Å²) in [4.78, 5) is 13.6. The van der Waals surface area contributed by atoms with Gasteiger partial charge in [0.2, 0.25) is 5.91 Å². The van der Waals surface area contributed by atoms with Crippen LogP contribution in [0.1, 0.15) is 30.4 Å². The van der Waals surface area contributed by atoms with Crippen LogP contribution in [0.5, 0.6) is 0 Å². The van der Waals surface area contributed by atoms with E-state index in [1.54, 1.807) is 0 Å². The Kier molecular flexibility index (Phi) is 2.10. The zero-order chi connectivity index (χ0) is 11.1. The number of carbonyl (C=O) groups excluding carboxylic acids is 1. The van der Waals surface area contributed by atoms with Crippen LogP contribution in [0.25, 0.3) is 5.70 Å². The van der Waals surface area contributed by atoms with Crippen LogP contribution in [-0.2, 0) is 11.2 Å². The van der Waals surface area contributed by atoms with E-state index in [4.69, 9.17) is 0 Å². The first-order valence-corrected chi connectivity index (χ1v) is 5.84. The second-order valence-corrected chi connectivity index (χ2v) is 4.56. The van der Waals surface area contributed by atoms with Gasteiger partial charge in [0.15, 0.2) is 0 Å². The van der Waals surface area contributed by atoms with Crippen LogP contribution >= 0.6 is 0 Å². The Hall–Kier alpha value is -1.57. The molecule has 0 radical (unpaired) electrons. The maximum absolute atomic E-state index is 11.8. The number of allylic oxidation sites excluding steroid dienone is 1. The third-order valence-corrected chi connectivity index (χ3v) is 3.65. The van der Waals surface area contributed by atoms with Gasteiger partial charge in [-0.25, -0.2) is 0 Å². The summed E-state index contributed by atoms with van der Waals surface area (Å²) in [6, 6.07) is 8.45. The summed E-state index contributed by atoms with van der Waals surface area (Å²) in [6.45, 7) is 0. The van der Waals surface area contributed by atoms with Crippen molar-refractivity contribution in [2.24, 2.45) is 0 Å². The molecular weight excluding hydrogens is 198 g/mol. The number of nitrogens with zero attached hydrogens (tertiary/aromatic N) is 1. The van der Waals surface area contributed by atoms with Crippen LogP contribution in [0.15, 0.2) is 29.8 Å². The highest BCUT2D eigenvalue weighted by atomic mass is 16.2. The molecule has 1 aromatic carbocycles. The van der Waals surface area contributed by atoms with E-state index < -0.39 is 0 Å². The van der Waals surface area contributed by atoms with E-state index in [0.29, 0.717) is 6.42 Å². The first kappa shape index (κ1) is 9.64. The lowest BCUT2D eigenvalue weighted by atomic mass is 9.85. The first-order valence-electron chi connectivity index (χ1n) is 5.84. The lowest BCUT2D eigenvalue weighted by molar-refractivity contribution is -0.127. The second-order valence-electron chi connectivity index (χ2n) is 4.56. The fraction of sp³-hybridized carbons (Fsp3) is 0.357. The summed E-state index contributed by atoms with van der Waals surface area (Å²) in [5.74, 6) is 0.246. The minimum atomic E-state index is 0.246. The molecule has 2 heteroatoms. The van der Waals surface area contributed by atoms with Gasteiger partial charge in [-0.3, -0.25) is 4.79 Å². The average molecular weight is 213 g/mol. The molecule has 0 atom stereocenters. The molecule has 3 rings (SSSR count). The Balaban J connectivity index is 2.17.